The normalized spacial score (nSPS) is 11.6. The summed E-state index contributed by atoms with van der Waals surface area (Å²) < 4.78 is 94.0. The minimum Gasteiger partial charge on any atom is -0.320 e. The van der Waals surface area contributed by atoms with Crippen LogP contribution in [-0.2, 0) is 21.0 Å². The molecular formula is C21H15F5N4O4S. The predicted octanol–water partition coefficient (Wildman–Crippen LogP) is 4.39. The topological polar surface area (TPSA) is 117 Å². The van der Waals surface area contributed by atoms with E-state index in [0.717, 1.165) is 6.20 Å². The number of pyridine rings is 1. The highest BCUT2D eigenvalue weighted by molar-refractivity contribution is 7.92. The van der Waals surface area contributed by atoms with Gasteiger partial charge >= 0.3 is 6.18 Å². The smallest absolute Gasteiger partial charge is 0.320 e. The first-order valence-electron chi connectivity index (χ1n) is 9.51. The van der Waals surface area contributed by atoms with Crippen molar-refractivity contribution in [1.29, 1.82) is 0 Å². The van der Waals surface area contributed by atoms with Crippen molar-refractivity contribution in [2.75, 3.05) is 15.4 Å². The van der Waals surface area contributed by atoms with Gasteiger partial charge in [0, 0.05) is 6.92 Å². The number of amides is 2. The molecule has 0 radical (unpaired) electrons. The maximum absolute atomic E-state index is 14.9. The Morgan fingerprint density at radius 3 is 2.11 bits per heavy atom. The summed E-state index contributed by atoms with van der Waals surface area (Å²) in [7, 11) is -4.58. The third-order valence-corrected chi connectivity index (χ3v) is 5.76. The second kappa shape index (κ2) is 9.66. The number of aromatic nitrogens is 1. The van der Waals surface area contributed by atoms with Crippen LogP contribution in [0.1, 0.15) is 22.8 Å². The van der Waals surface area contributed by atoms with Gasteiger partial charge in [0.15, 0.2) is 5.82 Å². The van der Waals surface area contributed by atoms with Gasteiger partial charge in [-0.25, -0.2) is 22.2 Å². The van der Waals surface area contributed by atoms with Gasteiger partial charge < -0.3 is 10.6 Å². The van der Waals surface area contributed by atoms with Gasteiger partial charge in [-0.2, -0.15) is 13.2 Å². The molecular weight excluding hydrogens is 499 g/mol. The molecule has 0 aliphatic rings. The number of nitrogens with one attached hydrogen (secondary N) is 3. The number of carbonyl (C=O) groups excluding carboxylic acids is 2. The van der Waals surface area contributed by atoms with E-state index in [2.05, 4.69) is 15.6 Å². The number of alkyl halides is 3. The van der Waals surface area contributed by atoms with Crippen LogP contribution in [0.25, 0.3) is 0 Å². The Bertz CT molecular complexity index is 1380. The molecule has 8 nitrogen and oxygen atoms in total. The zero-order valence-corrected chi connectivity index (χ0v) is 18.4. The van der Waals surface area contributed by atoms with Gasteiger partial charge in [-0.3, -0.25) is 14.3 Å². The van der Waals surface area contributed by atoms with E-state index < -0.39 is 61.4 Å². The van der Waals surface area contributed by atoms with Crippen LogP contribution in [0.3, 0.4) is 0 Å². The molecule has 0 atom stereocenters. The second-order valence-electron chi connectivity index (χ2n) is 6.98. The summed E-state index contributed by atoms with van der Waals surface area (Å²) in [6.45, 7) is 1.25. The Hall–Kier alpha value is -4.07. The molecule has 3 rings (SSSR count). The van der Waals surface area contributed by atoms with Crippen molar-refractivity contribution in [2.24, 2.45) is 0 Å². The SMILES string of the molecule is CC(=O)Nc1ccc(NC(=O)c2c(F)ccc(NS(=O)(=O)c3ccc(C(F)(F)F)cc3)c2F)cn1. The first kappa shape index (κ1) is 25.6. The fourth-order valence-corrected chi connectivity index (χ4v) is 3.84. The molecule has 0 unspecified atom stereocenters. The lowest BCUT2D eigenvalue weighted by atomic mass is 10.1. The first-order valence-corrected chi connectivity index (χ1v) is 11.0. The van der Waals surface area contributed by atoms with Gasteiger partial charge in [-0.15, -0.1) is 0 Å². The van der Waals surface area contributed by atoms with Crippen molar-refractivity contribution in [2.45, 2.75) is 18.0 Å². The van der Waals surface area contributed by atoms with Crippen molar-refractivity contribution < 1.29 is 40.0 Å². The molecule has 1 aromatic heterocycles. The number of hydrogen-bond donors (Lipinski definition) is 3. The molecule has 0 saturated carbocycles. The molecule has 0 bridgehead atoms. The minimum atomic E-state index is -4.69. The van der Waals surface area contributed by atoms with Crippen LogP contribution in [0.2, 0.25) is 0 Å². The number of carbonyl (C=O) groups is 2. The van der Waals surface area contributed by atoms with Gasteiger partial charge in [-0.05, 0) is 48.5 Å². The lowest BCUT2D eigenvalue weighted by Gasteiger charge is -2.13. The Labute approximate surface area is 195 Å². The number of nitrogens with zero attached hydrogens (tertiary/aromatic N) is 1. The Balaban J connectivity index is 1.84. The molecule has 0 saturated heterocycles. The van der Waals surface area contributed by atoms with Gasteiger partial charge in [0.2, 0.25) is 5.91 Å². The molecule has 3 N–H and O–H groups in total. The molecule has 2 amide bonds. The average Bonchev–Trinajstić information content (AvgIpc) is 2.76. The van der Waals surface area contributed by atoms with Crippen LogP contribution >= 0.6 is 0 Å². The molecule has 3 aromatic rings. The fraction of sp³-hybridized carbons (Fsp3) is 0.0952. The summed E-state index contributed by atoms with van der Waals surface area (Å²) in [5.74, 6) is -4.37. The van der Waals surface area contributed by atoms with E-state index >= 15 is 0 Å². The second-order valence-corrected chi connectivity index (χ2v) is 8.66. The van der Waals surface area contributed by atoms with E-state index in [0.29, 0.717) is 36.4 Å². The van der Waals surface area contributed by atoms with Crippen molar-refractivity contribution in [1.82, 2.24) is 4.98 Å². The fourth-order valence-electron chi connectivity index (χ4n) is 2.78. The highest BCUT2D eigenvalue weighted by Crippen LogP contribution is 2.30. The molecule has 0 fully saturated rings. The highest BCUT2D eigenvalue weighted by atomic mass is 32.2. The van der Waals surface area contributed by atoms with Crippen LogP contribution in [0.4, 0.5) is 39.1 Å². The summed E-state index contributed by atoms with van der Waals surface area (Å²) in [6, 6.07) is 6.35. The summed E-state index contributed by atoms with van der Waals surface area (Å²) in [6.07, 6.45) is -3.59. The van der Waals surface area contributed by atoms with Crippen LogP contribution in [0.5, 0.6) is 0 Å². The standard InChI is InChI=1S/C21H15F5N4O4S/c1-11(31)28-17-9-4-13(10-27-17)29-20(32)18-15(22)7-8-16(19(18)23)30-35(33,34)14-5-2-12(3-6-14)21(24,25)26/h2-10,30H,1H3,(H,29,32)(H,27,28,31). The van der Waals surface area contributed by atoms with E-state index in [-0.39, 0.29) is 11.5 Å². The average molecular weight is 514 g/mol. The molecule has 35 heavy (non-hydrogen) atoms. The van der Waals surface area contributed by atoms with Gasteiger partial charge in [0.25, 0.3) is 15.9 Å². The monoisotopic (exact) mass is 514 g/mol. The lowest BCUT2D eigenvalue weighted by molar-refractivity contribution is -0.137. The Morgan fingerprint density at radius 2 is 1.57 bits per heavy atom. The maximum atomic E-state index is 14.9. The zero-order valence-electron chi connectivity index (χ0n) is 17.6. The molecule has 14 heteroatoms. The molecule has 184 valence electrons. The quantitative estimate of drug-likeness (QED) is 0.422. The molecule has 2 aromatic carbocycles. The van der Waals surface area contributed by atoms with E-state index in [1.54, 1.807) is 4.72 Å². The lowest BCUT2D eigenvalue weighted by Crippen LogP contribution is -2.19. The van der Waals surface area contributed by atoms with Crippen molar-refractivity contribution in [3.8, 4) is 0 Å². The van der Waals surface area contributed by atoms with Crippen LogP contribution in [-0.4, -0.2) is 25.2 Å². The summed E-state index contributed by atoms with van der Waals surface area (Å²) in [5.41, 5.74) is -3.01. The predicted molar refractivity (Wildman–Crippen MR) is 115 cm³/mol. The van der Waals surface area contributed by atoms with Crippen LogP contribution in [0.15, 0.2) is 59.6 Å². The van der Waals surface area contributed by atoms with Crippen molar-refractivity contribution >= 4 is 39.0 Å². The van der Waals surface area contributed by atoms with Gasteiger partial charge in [-0.1, -0.05) is 0 Å². The molecule has 0 aliphatic heterocycles. The van der Waals surface area contributed by atoms with E-state index in [4.69, 9.17) is 0 Å². The number of sulfonamides is 1. The van der Waals surface area contributed by atoms with Gasteiger partial charge in [0.1, 0.15) is 17.2 Å². The number of rotatable bonds is 6. The van der Waals surface area contributed by atoms with E-state index in [1.807, 2.05) is 0 Å². The zero-order chi connectivity index (χ0) is 26.0. The first-order chi connectivity index (χ1) is 16.3. The third kappa shape index (κ3) is 6.09. The summed E-state index contributed by atoms with van der Waals surface area (Å²) >= 11 is 0. The molecule has 0 spiro atoms. The Morgan fingerprint density at radius 1 is 0.914 bits per heavy atom. The third-order valence-electron chi connectivity index (χ3n) is 4.38. The number of anilines is 3. The summed E-state index contributed by atoms with van der Waals surface area (Å²) in [4.78, 5) is 26.7. The number of hydrogen-bond acceptors (Lipinski definition) is 5. The van der Waals surface area contributed by atoms with Crippen molar-refractivity contribution in [3.63, 3.8) is 0 Å². The number of halogens is 5. The molecule has 1 heterocycles. The van der Waals surface area contributed by atoms with Gasteiger partial charge in [0.05, 0.1) is 28.0 Å². The molecule has 0 aliphatic carbocycles. The Kier molecular flexibility index (Phi) is 7.05. The van der Waals surface area contributed by atoms with E-state index in [1.165, 1.54) is 19.1 Å². The highest BCUT2D eigenvalue weighted by Gasteiger charge is 2.31. The van der Waals surface area contributed by atoms with Crippen molar-refractivity contribution in [3.05, 3.63) is 77.5 Å². The van der Waals surface area contributed by atoms with Crippen LogP contribution < -0.4 is 15.4 Å². The van der Waals surface area contributed by atoms with Crippen LogP contribution in [0, 0.1) is 11.6 Å². The number of benzene rings is 2. The minimum absolute atomic E-state index is 0.0126. The maximum Gasteiger partial charge on any atom is 0.416 e. The largest absolute Gasteiger partial charge is 0.416 e. The van der Waals surface area contributed by atoms with E-state index in [9.17, 15) is 40.0 Å². The summed E-state index contributed by atoms with van der Waals surface area (Å²) in [5, 5.41) is 4.57.